The third-order valence-corrected chi connectivity index (χ3v) is 2.50. The molecule has 0 bridgehead atoms. The Labute approximate surface area is 96.3 Å². The van der Waals surface area contributed by atoms with Crippen LogP contribution in [0.15, 0.2) is 18.5 Å². The second-order valence-corrected chi connectivity index (χ2v) is 4.51. The number of hydrogen-bond donors (Lipinski definition) is 1. The highest BCUT2D eigenvalue weighted by Crippen LogP contribution is 2.07. The van der Waals surface area contributed by atoms with Crippen LogP contribution in [0.5, 0.6) is 0 Å². The van der Waals surface area contributed by atoms with Crippen molar-refractivity contribution in [2.24, 2.45) is 7.05 Å². The van der Waals surface area contributed by atoms with Crippen LogP contribution in [-0.2, 0) is 11.8 Å². The molecule has 0 saturated carbocycles. The number of carbonyl (C=O) groups is 1. The largest absolute Gasteiger partial charge is 0.348 e. The van der Waals surface area contributed by atoms with Gasteiger partial charge in [0.1, 0.15) is 0 Å². The number of rotatable bonds is 4. The van der Waals surface area contributed by atoms with E-state index >= 15 is 0 Å². The fourth-order valence-electron chi connectivity index (χ4n) is 1.16. The van der Waals surface area contributed by atoms with E-state index in [9.17, 15) is 4.79 Å². The molecule has 0 atom stereocenters. The van der Waals surface area contributed by atoms with Crippen LogP contribution in [0.4, 0.5) is 0 Å². The zero-order valence-electron chi connectivity index (χ0n) is 10.3. The Hall–Kier alpha value is -1.58. The van der Waals surface area contributed by atoms with Crippen LogP contribution in [0.25, 0.3) is 6.08 Å². The first kappa shape index (κ1) is 12.5. The molecule has 1 aromatic rings. The van der Waals surface area contributed by atoms with Gasteiger partial charge in [-0.15, -0.1) is 0 Å². The van der Waals surface area contributed by atoms with Crippen molar-refractivity contribution in [3.63, 3.8) is 0 Å². The summed E-state index contributed by atoms with van der Waals surface area (Å²) in [5, 5.41) is 6.95. The molecule has 0 aliphatic heterocycles. The fourth-order valence-corrected chi connectivity index (χ4v) is 1.16. The molecule has 0 spiro atoms. The highest BCUT2D eigenvalue weighted by Gasteiger charge is 2.15. The van der Waals surface area contributed by atoms with Crippen molar-refractivity contribution in [3.8, 4) is 0 Å². The first-order valence-electron chi connectivity index (χ1n) is 5.42. The molecule has 4 heteroatoms. The summed E-state index contributed by atoms with van der Waals surface area (Å²) in [5.74, 6) is -0.0734. The summed E-state index contributed by atoms with van der Waals surface area (Å²) in [6.07, 6.45) is 7.77. The van der Waals surface area contributed by atoms with Gasteiger partial charge in [0, 0.05) is 30.4 Å². The Morgan fingerprint density at radius 3 is 2.81 bits per heavy atom. The van der Waals surface area contributed by atoms with Crippen LogP contribution in [-0.4, -0.2) is 21.2 Å². The normalized spacial score (nSPS) is 12.0. The predicted octanol–water partition coefficient (Wildman–Crippen LogP) is 1.74. The molecule has 0 unspecified atom stereocenters. The number of aryl methyl sites for hydroxylation is 1. The minimum atomic E-state index is -0.156. The van der Waals surface area contributed by atoms with Gasteiger partial charge in [0.15, 0.2) is 0 Å². The summed E-state index contributed by atoms with van der Waals surface area (Å²) in [6.45, 7) is 6.05. The van der Waals surface area contributed by atoms with E-state index in [1.807, 2.05) is 34.0 Å². The lowest BCUT2D eigenvalue weighted by Gasteiger charge is -2.23. The minimum Gasteiger partial charge on any atom is -0.348 e. The third-order valence-electron chi connectivity index (χ3n) is 2.50. The molecule has 0 aliphatic carbocycles. The van der Waals surface area contributed by atoms with Crippen molar-refractivity contribution in [2.75, 3.05) is 0 Å². The monoisotopic (exact) mass is 221 g/mol. The Morgan fingerprint density at radius 2 is 2.31 bits per heavy atom. The second kappa shape index (κ2) is 4.96. The third kappa shape index (κ3) is 3.88. The van der Waals surface area contributed by atoms with E-state index in [0.29, 0.717) is 0 Å². The molecule has 1 rings (SSSR count). The molecule has 1 N–H and O–H groups in total. The van der Waals surface area contributed by atoms with E-state index in [-0.39, 0.29) is 11.4 Å². The number of hydrogen-bond acceptors (Lipinski definition) is 2. The Bertz CT molecular complexity index is 391. The fraction of sp³-hybridized carbons (Fsp3) is 0.500. The van der Waals surface area contributed by atoms with Gasteiger partial charge >= 0.3 is 0 Å². The highest BCUT2D eigenvalue weighted by atomic mass is 16.1. The SMILES string of the molecule is CCC(C)(C)NC(=O)/C=C/c1cnn(C)c1. The predicted molar refractivity (Wildman–Crippen MR) is 64.8 cm³/mol. The quantitative estimate of drug-likeness (QED) is 0.787. The van der Waals surface area contributed by atoms with Crippen molar-refractivity contribution < 1.29 is 4.79 Å². The standard InChI is InChI=1S/C12H19N3O/c1-5-12(2,3)14-11(16)7-6-10-8-13-15(4)9-10/h6-9H,5H2,1-4H3,(H,14,16)/b7-6+. The number of amides is 1. The van der Waals surface area contributed by atoms with Gasteiger partial charge in [-0.05, 0) is 26.3 Å². The van der Waals surface area contributed by atoms with Gasteiger partial charge < -0.3 is 5.32 Å². The molecule has 1 heterocycles. The van der Waals surface area contributed by atoms with Gasteiger partial charge in [0.05, 0.1) is 6.20 Å². The molecule has 1 aromatic heterocycles. The van der Waals surface area contributed by atoms with Gasteiger partial charge in [0.25, 0.3) is 0 Å². The number of nitrogens with one attached hydrogen (secondary N) is 1. The number of carbonyl (C=O) groups excluding carboxylic acids is 1. The summed E-state index contributed by atoms with van der Waals surface area (Å²) in [4.78, 5) is 11.6. The molecule has 88 valence electrons. The van der Waals surface area contributed by atoms with Gasteiger partial charge in [-0.25, -0.2) is 0 Å². The average molecular weight is 221 g/mol. The van der Waals surface area contributed by atoms with Crippen LogP contribution >= 0.6 is 0 Å². The Balaban J connectivity index is 2.55. The van der Waals surface area contributed by atoms with Crippen molar-refractivity contribution in [3.05, 3.63) is 24.0 Å². The molecule has 0 saturated heterocycles. The molecule has 16 heavy (non-hydrogen) atoms. The van der Waals surface area contributed by atoms with E-state index in [4.69, 9.17) is 0 Å². The molecule has 0 aliphatic rings. The summed E-state index contributed by atoms with van der Waals surface area (Å²) >= 11 is 0. The highest BCUT2D eigenvalue weighted by molar-refractivity contribution is 5.92. The van der Waals surface area contributed by atoms with Crippen LogP contribution in [0.3, 0.4) is 0 Å². The summed E-state index contributed by atoms with van der Waals surface area (Å²) in [5.41, 5.74) is 0.767. The maximum absolute atomic E-state index is 11.6. The van der Waals surface area contributed by atoms with E-state index in [1.54, 1.807) is 17.0 Å². The van der Waals surface area contributed by atoms with E-state index < -0.39 is 0 Å². The maximum atomic E-state index is 11.6. The van der Waals surface area contributed by atoms with Crippen molar-refractivity contribution in [1.82, 2.24) is 15.1 Å². The first-order valence-corrected chi connectivity index (χ1v) is 5.42. The van der Waals surface area contributed by atoms with Gasteiger partial charge in [-0.2, -0.15) is 5.10 Å². The molecule has 0 fully saturated rings. The Kier molecular flexibility index (Phi) is 3.88. The lowest BCUT2D eigenvalue weighted by atomic mass is 10.0. The topological polar surface area (TPSA) is 46.9 Å². The first-order chi connectivity index (χ1) is 7.43. The zero-order chi connectivity index (χ0) is 12.2. The van der Waals surface area contributed by atoms with Crippen LogP contribution < -0.4 is 5.32 Å². The molecule has 0 aromatic carbocycles. The number of aromatic nitrogens is 2. The van der Waals surface area contributed by atoms with Crippen LogP contribution in [0, 0.1) is 0 Å². The van der Waals surface area contributed by atoms with Gasteiger partial charge in [0.2, 0.25) is 5.91 Å². The molecule has 1 amide bonds. The van der Waals surface area contributed by atoms with E-state index in [0.717, 1.165) is 12.0 Å². The molecular formula is C12H19N3O. The lowest BCUT2D eigenvalue weighted by molar-refractivity contribution is -0.117. The maximum Gasteiger partial charge on any atom is 0.244 e. The van der Waals surface area contributed by atoms with Gasteiger partial charge in [-0.1, -0.05) is 6.92 Å². The van der Waals surface area contributed by atoms with E-state index in [1.165, 1.54) is 6.08 Å². The summed E-state index contributed by atoms with van der Waals surface area (Å²) < 4.78 is 1.70. The summed E-state index contributed by atoms with van der Waals surface area (Å²) in [7, 11) is 1.84. The lowest BCUT2D eigenvalue weighted by Crippen LogP contribution is -2.41. The van der Waals surface area contributed by atoms with Crippen LogP contribution in [0.1, 0.15) is 32.8 Å². The van der Waals surface area contributed by atoms with Gasteiger partial charge in [-0.3, -0.25) is 9.48 Å². The van der Waals surface area contributed by atoms with Crippen LogP contribution in [0.2, 0.25) is 0 Å². The summed E-state index contributed by atoms with van der Waals surface area (Å²) in [6, 6.07) is 0. The number of nitrogens with zero attached hydrogens (tertiary/aromatic N) is 2. The van der Waals surface area contributed by atoms with E-state index in [2.05, 4.69) is 10.4 Å². The van der Waals surface area contributed by atoms with Crippen molar-refractivity contribution in [2.45, 2.75) is 32.7 Å². The van der Waals surface area contributed by atoms with Crippen molar-refractivity contribution >= 4 is 12.0 Å². The van der Waals surface area contributed by atoms with Crippen molar-refractivity contribution in [1.29, 1.82) is 0 Å². The molecule has 4 nitrogen and oxygen atoms in total. The zero-order valence-corrected chi connectivity index (χ0v) is 10.3. The minimum absolute atomic E-state index is 0.0734. The molecular weight excluding hydrogens is 202 g/mol. The molecule has 0 radical (unpaired) electrons. The Morgan fingerprint density at radius 1 is 1.62 bits per heavy atom. The second-order valence-electron chi connectivity index (χ2n) is 4.51. The average Bonchev–Trinajstić information content (AvgIpc) is 2.61. The smallest absolute Gasteiger partial charge is 0.244 e.